The van der Waals surface area contributed by atoms with Gasteiger partial charge in [-0.05, 0) is 72.1 Å². The van der Waals surface area contributed by atoms with Crippen LogP contribution in [-0.2, 0) is 30.4 Å². The van der Waals surface area contributed by atoms with Crippen LogP contribution in [0.15, 0.2) is 108 Å². The number of aromatic hydroxyl groups is 1. The standard InChI is InChI=1S/C22H16N4O10S3/c27-19-10-1-13-11-18(38(31,32)33)12-20(39(34,35)36)21(13)22(19)26-25-15-4-2-14(3-5-15)23-24-16-6-8-17(9-7-16)37(28,29)30/h1-12,27H,(H,28,29,30)(H,31,32,33)(H,34,35,36)/b24-23+,26-25+. The molecule has 0 aliphatic heterocycles. The maximum Gasteiger partial charge on any atom is 0.295 e. The molecule has 0 aliphatic carbocycles. The lowest BCUT2D eigenvalue weighted by Crippen LogP contribution is -2.04. The molecule has 0 radical (unpaired) electrons. The van der Waals surface area contributed by atoms with E-state index in [4.69, 9.17) is 4.55 Å². The Hall–Kier alpha value is -4.13. The molecule has 4 aromatic rings. The molecular weight excluding hydrogens is 576 g/mol. The third kappa shape index (κ3) is 6.48. The first-order valence-electron chi connectivity index (χ1n) is 10.4. The Morgan fingerprint density at radius 3 is 1.44 bits per heavy atom. The van der Waals surface area contributed by atoms with Gasteiger partial charge in [0.15, 0.2) is 0 Å². The average Bonchev–Trinajstić information content (AvgIpc) is 2.85. The molecule has 0 spiro atoms. The highest BCUT2D eigenvalue weighted by molar-refractivity contribution is 7.87. The molecule has 0 bridgehead atoms. The zero-order valence-electron chi connectivity index (χ0n) is 19.2. The van der Waals surface area contributed by atoms with Crippen LogP contribution < -0.4 is 0 Å². The lowest BCUT2D eigenvalue weighted by molar-refractivity contribution is 0.476. The Morgan fingerprint density at radius 2 is 0.974 bits per heavy atom. The number of hydrogen-bond donors (Lipinski definition) is 4. The second-order valence-electron chi connectivity index (χ2n) is 7.79. The first-order valence-corrected chi connectivity index (χ1v) is 14.7. The maximum atomic E-state index is 12.0. The van der Waals surface area contributed by atoms with Crippen molar-refractivity contribution in [3.8, 4) is 5.75 Å². The van der Waals surface area contributed by atoms with E-state index < -0.39 is 45.9 Å². The van der Waals surface area contributed by atoms with Crippen LogP contribution in [0, 0.1) is 0 Å². The molecule has 0 saturated carbocycles. The fraction of sp³-hybridized carbons (Fsp3) is 0. The normalized spacial score (nSPS) is 13.0. The van der Waals surface area contributed by atoms with Crippen LogP contribution in [0.1, 0.15) is 0 Å². The predicted octanol–water partition coefficient (Wildman–Crippen LogP) is 5.12. The van der Waals surface area contributed by atoms with E-state index in [0.717, 1.165) is 24.3 Å². The summed E-state index contributed by atoms with van der Waals surface area (Å²) in [7, 11) is -14.2. The van der Waals surface area contributed by atoms with E-state index in [1.165, 1.54) is 42.5 Å². The van der Waals surface area contributed by atoms with Gasteiger partial charge in [-0.2, -0.15) is 40.6 Å². The summed E-state index contributed by atoms with van der Waals surface area (Å²) < 4.78 is 97.3. The summed E-state index contributed by atoms with van der Waals surface area (Å²) in [6.07, 6.45) is 0. The minimum Gasteiger partial charge on any atom is -0.506 e. The second-order valence-corrected chi connectivity index (χ2v) is 12.0. The van der Waals surface area contributed by atoms with Gasteiger partial charge in [0.25, 0.3) is 30.4 Å². The highest BCUT2D eigenvalue weighted by Crippen LogP contribution is 2.41. The van der Waals surface area contributed by atoms with Crippen LogP contribution in [0.2, 0.25) is 0 Å². The summed E-state index contributed by atoms with van der Waals surface area (Å²) in [5, 5.41) is 25.7. The van der Waals surface area contributed by atoms with E-state index in [9.17, 15) is 39.5 Å². The molecule has 0 unspecified atom stereocenters. The number of benzene rings is 4. The maximum absolute atomic E-state index is 12.0. The van der Waals surface area contributed by atoms with Gasteiger partial charge in [0.2, 0.25) is 0 Å². The minimum absolute atomic E-state index is 0.0788. The van der Waals surface area contributed by atoms with Gasteiger partial charge in [0, 0.05) is 5.39 Å². The van der Waals surface area contributed by atoms with E-state index in [1.54, 1.807) is 0 Å². The zero-order chi connectivity index (χ0) is 28.6. The van der Waals surface area contributed by atoms with Crippen LogP contribution in [0.3, 0.4) is 0 Å². The smallest absolute Gasteiger partial charge is 0.295 e. The van der Waals surface area contributed by atoms with Crippen molar-refractivity contribution < 1.29 is 44.0 Å². The molecule has 0 amide bonds. The highest BCUT2D eigenvalue weighted by atomic mass is 32.2. The average molecular weight is 593 g/mol. The van der Waals surface area contributed by atoms with Gasteiger partial charge in [0.05, 0.1) is 26.9 Å². The van der Waals surface area contributed by atoms with Gasteiger partial charge in [-0.25, -0.2) is 0 Å². The molecular formula is C22H16N4O10S3. The van der Waals surface area contributed by atoms with Crippen molar-refractivity contribution in [2.45, 2.75) is 14.7 Å². The second kappa shape index (κ2) is 10.2. The summed E-state index contributed by atoms with van der Waals surface area (Å²) in [5.74, 6) is -0.527. The summed E-state index contributed by atoms with van der Waals surface area (Å²) in [6, 6.07) is 14.6. The SMILES string of the molecule is O=S(=O)(O)c1ccc(/N=N/c2ccc(/N=N/c3c(O)ccc4cc(S(=O)(=O)O)cc(S(=O)(=O)O)c34)cc2)cc1. The van der Waals surface area contributed by atoms with E-state index in [-0.39, 0.29) is 27.0 Å². The molecule has 4 N–H and O–H groups in total. The van der Waals surface area contributed by atoms with Gasteiger partial charge in [-0.3, -0.25) is 13.7 Å². The zero-order valence-corrected chi connectivity index (χ0v) is 21.6. The third-order valence-corrected chi connectivity index (χ3v) is 7.69. The van der Waals surface area contributed by atoms with E-state index in [0.29, 0.717) is 17.4 Å². The van der Waals surface area contributed by atoms with Crippen LogP contribution >= 0.6 is 0 Å². The lowest BCUT2D eigenvalue weighted by Gasteiger charge is -2.10. The first kappa shape index (κ1) is 27.9. The predicted molar refractivity (Wildman–Crippen MR) is 136 cm³/mol. The Bertz CT molecular complexity index is 1970. The van der Waals surface area contributed by atoms with Crippen LogP contribution in [-0.4, -0.2) is 44.0 Å². The summed E-state index contributed by atoms with van der Waals surface area (Å²) in [4.78, 5) is -2.01. The van der Waals surface area contributed by atoms with Crippen molar-refractivity contribution in [1.29, 1.82) is 0 Å². The molecule has 4 aromatic carbocycles. The van der Waals surface area contributed by atoms with Crippen LogP contribution in [0.25, 0.3) is 10.8 Å². The molecule has 0 aromatic heterocycles. The number of hydrogen-bond acceptors (Lipinski definition) is 11. The summed E-state index contributed by atoms with van der Waals surface area (Å²) >= 11 is 0. The fourth-order valence-electron chi connectivity index (χ4n) is 3.32. The van der Waals surface area contributed by atoms with Gasteiger partial charge in [-0.15, -0.1) is 5.11 Å². The van der Waals surface area contributed by atoms with Crippen molar-refractivity contribution >= 4 is 63.9 Å². The third-order valence-electron chi connectivity index (χ3n) is 5.11. The minimum atomic E-state index is -5.03. The van der Waals surface area contributed by atoms with Crippen molar-refractivity contribution in [3.63, 3.8) is 0 Å². The summed E-state index contributed by atoms with van der Waals surface area (Å²) in [6.45, 7) is 0. The Labute approximate surface area is 221 Å². The fourth-order valence-corrected chi connectivity index (χ4v) is 5.16. The number of azo groups is 2. The van der Waals surface area contributed by atoms with E-state index in [2.05, 4.69) is 20.5 Å². The summed E-state index contributed by atoms with van der Waals surface area (Å²) in [5.41, 5.74) is 0.515. The Kier molecular flexibility index (Phi) is 7.30. The first-order chi connectivity index (χ1) is 18.1. The number of rotatable bonds is 7. The molecule has 0 aliphatic rings. The molecule has 0 fully saturated rings. The quantitative estimate of drug-likeness (QED) is 0.163. The molecule has 39 heavy (non-hydrogen) atoms. The molecule has 14 nitrogen and oxygen atoms in total. The topological polar surface area (TPSA) is 233 Å². The number of fused-ring (bicyclic) bond motifs is 1. The van der Waals surface area contributed by atoms with Crippen LogP contribution in [0.4, 0.5) is 22.7 Å². The highest BCUT2D eigenvalue weighted by Gasteiger charge is 2.24. The van der Waals surface area contributed by atoms with Crippen molar-refractivity contribution in [2.75, 3.05) is 0 Å². The molecule has 17 heteroatoms. The van der Waals surface area contributed by atoms with Crippen molar-refractivity contribution in [3.05, 3.63) is 72.8 Å². The molecule has 202 valence electrons. The lowest BCUT2D eigenvalue weighted by atomic mass is 10.1. The van der Waals surface area contributed by atoms with E-state index >= 15 is 0 Å². The van der Waals surface area contributed by atoms with Crippen molar-refractivity contribution in [2.24, 2.45) is 20.5 Å². The van der Waals surface area contributed by atoms with Gasteiger partial charge >= 0.3 is 0 Å². The Balaban J connectivity index is 1.66. The monoisotopic (exact) mass is 592 g/mol. The van der Waals surface area contributed by atoms with E-state index in [1.807, 2.05) is 0 Å². The largest absolute Gasteiger partial charge is 0.506 e. The molecule has 4 rings (SSSR count). The van der Waals surface area contributed by atoms with Crippen LogP contribution in [0.5, 0.6) is 5.75 Å². The van der Waals surface area contributed by atoms with Gasteiger partial charge in [0.1, 0.15) is 16.3 Å². The molecule has 0 saturated heterocycles. The number of phenolic OH excluding ortho intramolecular Hbond substituents is 1. The number of nitrogens with zero attached hydrogens (tertiary/aromatic N) is 4. The van der Waals surface area contributed by atoms with Gasteiger partial charge < -0.3 is 5.11 Å². The van der Waals surface area contributed by atoms with Crippen molar-refractivity contribution in [1.82, 2.24) is 0 Å². The Morgan fingerprint density at radius 1 is 0.513 bits per heavy atom. The molecule has 0 heterocycles. The molecule has 0 atom stereocenters. The number of phenols is 1. The van der Waals surface area contributed by atoms with Gasteiger partial charge in [-0.1, -0.05) is 6.07 Å².